The van der Waals surface area contributed by atoms with Crippen molar-refractivity contribution in [2.75, 3.05) is 26.2 Å². The van der Waals surface area contributed by atoms with Gasteiger partial charge in [-0.2, -0.15) is 5.10 Å². The minimum Gasteiger partial charge on any atom is -0.488 e. The Labute approximate surface area is 160 Å². The Hall–Kier alpha value is -2.34. The average Bonchev–Trinajstić information content (AvgIpc) is 2.89. The normalized spacial score (nSPS) is 16.8. The molecule has 1 aromatic carbocycles. The second-order valence-corrected chi connectivity index (χ2v) is 7.57. The third-order valence-corrected chi connectivity index (χ3v) is 5.43. The number of carbonyl (C=O) groups excluding carboxylic acids is 1. The summed E-state index contributed by atoms with van der Waals surface area (Å²) >= 11 is 0. The van der Waals surface area contributed by atoms with E-state index in [2.05, 4.69) is 28.3 Å². The Morgan fingerprint density at radius 2 is 2.04 bits per heavy atom. The van der Waals surface area contributed by atoms with Gasteiger partial charge in [0.1, 0.15) is 18.9 Å². The zero-order valence-electron chi connectivity index (χ0n) is 16.0. The summed E-state index contributed by atoms with van der Waals surface area (Å²) in [6, 6.07) is 6.13. The predicted molar refractivity (Wildman–Crippen MR) is 105 cm³/mol. The zero-order chi connectivity index (χ0) is 18.6. The topological polar surface area (TPSA) is 59.4 Å². The van der Waals surface area contributed by atoms with Crippen LogP contribution in [0.5, 0.6) is 5.75 Å². The van der Waals surface area contributed by atoms with Crippen molar-refractivity contribution < 1.29 is 9.53 Å². The molecule has 0 spiro atoms. The molecule has 0 saturated carbocycles. The van der Waals surface area contributed by atoms with Crippen LogP contribution in [0.3, 0.4) is 0 Å². The fourth-order valence-corrected chi connectivity index (χ4v) is 3.98. The van der Waals surface area contributed by atoms with Gasteiger partial charge in [-0.25, -0.2) is 0 Å². The highest BCUT2D eigenvalue weighted by atomic mass is 16.5. The molecule has 3 heterocycles. The van der Waals surface area contributed by atoms with Gasteiger partial charge in [0.25, 0.3) is 0 Å². The highest BCUT2D eigenvalue weighted by molar-refractivity contribution is 5.78. The van der Waals surface area contributed by atoms with E-state index in [9.17, 15) is 4.79 Å². The first kappa shape index (κ1) is 18.0. The summed E-state index contributed by atoms with van der Waals surface area (Å²) in [5, 5.41) is 7.50. The van der Waals surface area contributed by atoms with Gasteiger partial charge in [-0.1, -0.05) is 24.5 Å². The summed E-state index contributed by atoms with van der Waals surface area (Å²) in [7, 11) is 0. The summed E-state index contributed by atoms with van der Waals surface area (Å²) in [6.07, 6.45) is 7.02. The molecular formula is C21H28N4O2. The van der Waals surface area contributed by atoms with Crippen molar-refractivity contribution in [2.24, 2.45) is 0 Å². The van der Waals surface area contributed by atoms with Crippen LogP contribution in [0.2, 0.25) is 0 Å². The third kappa shape index (κ3) is 4.16. The smallest absolute Gasteiger partial charge is 0.241 e. The maximum atomic E-state index is 12.5. The standard InChI is InChI=1S/C21H28N4O2/c1-16-6-7-19-18(12-16)21-17(15-27-19)13-23-25(21)14-20(26)22-8-11-24-9-4-2-3-5-10-24/h6-7,12-13H,2-5,8-11,14-15H2,1H3,(H,22,26). The number of ether oxygens (including phenoxy) is 1. The second kappa shape index (κ2) is 8.13. The van der Waals surface area contributed by atoms with Crippen LogP contribution in [-0.2, 0) is 17.9 Å². The molecule has 0 radical (unpaired) electrons. The predicted octanol–water partition coefficient (Wildman–Crippen LogP) is 2.74. The van der Waals surface area contributed by atoms with Crippen molar-refractivity contribution in [3.63, 3.8) is 0 Å². The number of nitrogens with zero attached hydrogens (tertiary/aromatic N) is 3. The number of likely N-dealkylation sites (tertiary alicyclic amines) is 1. The molecule has 2 aliphatic heterocycles. The number of amides is 1. The van der Waals surface area contributed by atoms with E-state index in [1.54, 1.807) is 4.68 Å². The van der Waals surface area contributed by atoms with Gasteiger partial charge in [0, 0.05) is 24.2 Å². The summed E-state index contributed by atoms with van der Waals surface area (Å²) < 4.78 is 7.61. The van der Waals surface area contributed by atoms with Crippen LogP contribution in [0.25, 0.3) is 11.3 Å². The van der Waals surface area contributed by atoms with Crippen LogP contribution in [0.15, 0.2) is 24.4 Å². The molecule has 1 fully saturated rings. The molecule has 2 aliphatic rings. The summed E-state index contributed by atoms with van der Waals surface area (Å²) in [5.74, 6) is 0.868. The SMILES string of the molecule is Cc1ccc2c(c1)-c1c(cnn1CC(=O)NCCN1CCCCCC1)CO2. The van der Waals surface area contributed by atoms with Crippen LogP contribution in [0.1, 0.15) is 36.8 Å². The highest BCUT2D eigenvalue weighted by Gasteiger charge is 2.23. The molecule has 0 aliphatic carbocycles. The van der Waals surface area contributed by atoms with Crippen LogP contribution >= 0.6 is 0 Å². The van der Waals surface area contributed by atoms with Crippen LogP contribution in [-0.4, -0.2) is 46.8 Å². The molecule has 1 aromatic heterocycles. The molecule has 0 unspecified atom stereocenters. The number of hydrogen-bond donors (Lipinski definition) is 1. The van der Waals surface area contributed by atoms with E-state index in [4.69, 9.17) is 4.74 Å². The summed E-state index contributed by atoms with van der Waals surface area (Å²) in [4.78, 5) is 14.9. The molecule has 0 atom stereocenters. The van der Waals surface area contributed by atoms with Gasteiger partial charge in [-0.05, 0) is 45.0 Å². The van der Waals surface area contributed by atoms with Crippen molar-refractivity contribution in [3.05, 3.63) is 35.5 Å². The first-order valence-corrected chi connectivity index (χ1v) is 9.98. The van der Waals surface area contributed by atoms with E-state index < -0.39 is 0 Å². The van der Waals surface area contributed by atoms with Crippen molar-refractivity contribution in [3.8, 4) is 17.0 Å². The number of benzene rings is 1. The van der Waals surface area contributed by atoms with Gasteiger partial charge < -0.3 is 15.0 Å². The summed E-state index contributed by atoms with van der Waals surface area (Å²) in [6.45, 7) is 6.73. The molecule has 4 rings (SSSR count). The molecule has 1 amide bonds. The number of nitrogens with one attached hydrogen (secondary N) is 1. The minimum absolute atomic E-state index is 0.0106. The molecule has 1 saturated heterocycles. The van der Waals surface area contributed by atoms with Crippen molar-refractivity contribution in [1.82, 2.24) is 20.0 Å². The van der Waals surface area contributed by atoms with E-state index in [0.29, 0.717) is 13.2 Å². The maximum absolute atomic E-state index is 12.5. The monoisotopic (exact) mass is 368 g/mol. The van der Waals surface area contributed by atoms with Gasteiger partial charge >= 0.3 is 0 Å². The lowest BCUT2D eigenvalue weighted by atomic mass is 10.0. The Balaban J connectivity index is 1.38. The summed E-state index contributed by atoms with van der Waals surface area (Å²) in [5.41, 5.74) is 4.22. The van der Waals surface area contributed by atoms with Gasteiger partial charge in [-0.15, -0.1) is 0 Å². The van der Waals surface area contributed by atoms with Gasteiger partial charge in [0.15, 0.2) is 0 Å². The Kier molecular flexibility index (Phi) is 5.43. The fourth-order valence-electron chi connectivity index (χ4n) is 3.98. The number of fused-ring (bicyclic) bond motifs is 3. The van der Waals surface area contributed by atoms with Crippen LogP contribution in [0, 0.1) is 6.92 Å². The first-order valence-electron chi connectivity index (χ1n) is 9.98. The number of hydrogen-bond acceptors (Lipinski definition) is 4. The van der Waals surface area contributed by atoms with Crippen molar-refractivity contribution in [1.29, 1.82) is 0 Å². The molecule has 6 heteroatoms. The Morgan fingerprint density at radius 3 is 2.85 bits per heavy atom. The Bertz CT molecular complexity index is 807. The van der Waals surface area contributed by atoms with Crippen LogP contribution < -0.4 is 10.1 Å². The van der Waals surface area contributed by atoms with Crippen molar-refractivity contribution in [2.45, 2.75) is 45.8 Å². The van der Waals surface area contributed by atoms with E-state index in [1.165, 1.54) is 31.2 Å². The lowest BCUT2D eigenvalue weighted by molar-refractivity contribution is -0.121. The molecule has 6 nitrogen and oxygen atoms in total. The third-order valence-electron chi connectivity index (χ3n) is 5.43. The highest BCUT2D eigenvalue weighted by Crippen LogP contribution is 2.37. The fraction of sp³-hybridized carbons (Fsp3) is 0.524. The molecule has 2 aromatic rings. The lowest BCUT2D eigenvalue weighted by Gasteiger charge is -2.21. The average molecular weight is 368 g/mol. The van der Waals surface area contributed by atoms with E-state index in [1.807, 2.05) is 18.3 Å². The Morgan fingerprint density at radius 1 is 1.22 bits per heavy atom. The number of aromatic nitrogens is 2. The van der Waals surface area contributed by atoms with E-state index in [0.717, 1.165) is 42.2 Å². The lowest BCUT2D eigenvalue weighted by Crippen LogP contribution is -2.37. The van der Waals surface area contributed by atoms with Gasteiger partial charge in [0.05, 0.1) is 11.9 Å². The number of aryl methyl sites for hydroxylation is 1. The quantitative estimate of drug-likeness (QED) is 0.882. The molecular weight excluding hydrogens is 340 g/mol. The molecule has 0 bridgehead atoms. The number of carbonyl (C=O) groups is 1. The number of rotatable bonds is 5. The van der Waals surface area contributed by atoms with E-state index in [-0.39, 0.29) is 12.5 Å². The van der Waals surface area contributed by atoms with Crippen molar-refractivity contribution >= 4 is 5.91 Å². The molecule has 144 valence electrons. The van der Waals surface area contributed by atoms with E-state index >= 15 is 0 Å². The first-order chi connectivity index (χ1) is 13.2. The maximum Gasteiger partial charge on any atom is 0.241 e. The van der Waals surface area contributed by atoms with Crippen LogP contribution in [0.4, 0.5) is 0 Å². The molecule has 1 N–H and O–H groups in total. The minimum atomic E-state index is 0.0106. The van der Waals surface area contributed by atoms with Gasteiger partial charge in [-0.3, -0.25) is 9.48 Å². The largest absolute Gasteiger partial charge is 0.488 e. The zero-order valence-corrected chi connectivity index (χ0v) is 16.0. The van der Waals surface area contributed by atoms with Gasteiger partial charge in [0.2, 0.25) is 5.91 Å². The molecule has 27 heavy (non-hydrogen) atoms. The second-order valence-electron chi connectivity index (χ2n) is 7.57.